The minimum absolute atomic E-state index is 0.235. The van der Waals surface area contributed by atoms with E-state index < -0.39 is 26.9 Å². The van der Waals surface area contributed by atoms with E-state index in [0.29, 0.717) is 0 Å². The van der Waals surface area contributed by atoms with Crippen molar-refractivity contribution < 1.29 is 21.8 Å². The fraction of sp³-hybridized carbons (Fsp3) is 0.636. The van der Waals surface area contributed by atoms with E-state index in [0.717, 1.165) is 10.7 Å². The number of likely N-dealkylation sites (tertiary alicyclic amines) is 1. The molecule has 0 bridgehead atoms. The van der Waals surface area contributed by atoms with Gasteiger partial charge in [-0.1, -0.05) is 3.89 Å². The van der Waals surface area contributed by atoms with Crippen molar-refractivity contribution in [2.75, 3.05) is 13.1 Å². The van der Waals surface area contributed by atoms with Gasteiger partial charge in [0.05, 0.1) is 12.2 Å². The Hall–Kier alpha value is -1.64. The van der Waals surface area contributed by atoms with Crippen LogP contribution in [0.1, 0.15) is 26.8 Å². The average molecular weight is 305 g/mol. The summed E-state index contributed by atoms with van der Waals surface area (Å²) in [7, 11) is -4.81. The molecule has 9 heteroatoms. The number of hydrogen-bond donors (Lipinski definition) is 0. The summed E-state index contributed by atoms with van der Waals surface area (Å²) >= 11 is 0. The Kier molecular flexibility index (Phi) is 3.49. The molecule has 2 rings (SSSR count). The number of ether oxygens (including phenoxy) is 1. The van der Waals surface area contributed by atoms with E-state index in [9.17, 15) is 17.1 Å². The Morgan fingerprint density at radius 3 is 2.55 bits per heavy atom. The van der Waals surface area contributed by atoms with E-state index in [-0.39, 0.29) is 19.1 Å². The number of hydrogen-bond acceptors (Lipinski definition) is 5. The highest BCUT2D eigenvalue weighted by atomic mass is 32.3. The van der Waals surface area contributed by atoms with Crippen LogP contribution in [0.4, 0.5) is 8.68 Å². The second-order valence-corrected chi connectivity index (χ2v) is 6.88. The Bertz CT molecular complexity index is 614. The zero-order valence-electron chi connectivity index (χ0n) is 11.4. The van der Waals surface area contributed by atoms with Crippen LogP contribution in [0.3, 0.4) is 0 Å². The second kappa shape index (κ2) is 4.72. The topological polar surface area (TPSA) is 81.5 Å². The molecule has 2 heterocycles. The Morgan fingerprint density at radius 1 is 1.45 bits per heavy atom. The first kappa shape index (κ1) is 14.8. The molecular formula is C11H16FN3O4S. The van der Waals surface area contributed by atoms with Crippen molar-refractivity contribution in [2.45, 2.75) is 37.4 Å². The third kappa shape index (κ3) is 3.09. The minimum Gasteiger partial charge on any atom is -0.444 e. The van der Waals surface area contributed by atoms with Crippen molar-refractivity contribution in [1.82, 2.24) is 14.7 Å². The summed E-state index contributed by atoms with van der Waals surface area (Å²) in [4.78, 5) is 13.1. The zero-order valence-corrected chi connectivity index (χ0v) is 12.2. The van der Waals surface area contributed by atoms with Gasteiger partial charge in [0.25, 0.3) is 0 Å². The van der Waals surface area contributed by atoms with Crippen LogP contribution in [-0.2, 0) is 15.0 Å². The molecule has 1 amide bonds. The van der Waals surface area contributed by atoms with Crippen LogP contribution in [0.2, 0.25) is 0 Å². The monoisotopic (exact) mass is 305 g/mol. The molecule has 1 fully saturated rings. The molecule has 0 saturated carbocycles. The second-order valence-electron chi connectivity index (χ2n) is 5.59. The van der Waals surface area contributed by atoms with Crippen LogP contribution in [-0.4, -0.2) is 47.9 Å². The van der Waals surface area contributed by atoms with Gasteiger partial charge in [0.1, 0.15) is 5.60 Å². The van der Waals surface area contributed by atoms with E-state index in [2.05, 4.69) is 5.10 Å². The molecule has 7 nitrogen and oxygen atoms in total. The van der Waals surface area contributed by atoms with Crippen molar-refractivity contribution in [3.63, 3.8) is 0 Å². The van der Waals surface area contributed by atoms with Gasteiger partial charge in [-0.05, 0) is 26.8 Å². The quantitative estimate of drug-likeness (QED) is 0.770. The Balaban J connectivity index is 2.01. The summed E-state index contributed by atoms with van der Waals surface area (Å²) in [5.41, 5.74) is -0.596. The Labute approximate surface area is 116 Å². The SMILES string of the molecule is CC(C)(C)OC(=O)N1CC(n2nccc2S(=O)(=O)F)C1. The van der Waals surface area contributed by atoms with Gasteiger partial charge < -0.3 is 9.64 Å². The first-order valence-electron chi connectivity index (χ1n) is 6.04. The molecule has 112 valence electrons. The summed E-state index contributed by atoms with van der Waals surface area (Å²) < 4.78 is 41.1. The summed E-state index contributed by atoms with van der Waals surface area (Å²) in [6, 6.07) is 0.726. The maximum absolute atomic E-state index is 13.0. The maximum atomic E-state index is 13.0. The van der Waals surface area contributed by atoms with Crippen LogP contribution in [0.5, 0.6) is 0 Å². The zero-order chi connectivity index (χ0) is 15.1. The number of halogens is 1. The van der Waals surface area contributed by atoms with Gasteiger partial charge in [-0.25, -0.2) is 9.48 Å². The lowest BCUT2D eigenvalue weighted by atomic mass is 10.1. The molecule has 1 aromatic heterocycles. The summed E-state index contributed by atoms with van der Waals surface area (Å²) in [5.74, 6) is 0. The molecule has 20 heavy (non-hydrogen) atoms. The molecule has 0 aliphatic carbocycles. The molecule has 0 spiro atoms. The summed E-state index contributed by atoms with van der Waals surface area (Å²) in [6.45, 7) is 5.73. The molecule has 0 unspecified atom stereocenters. The number of carbonyl (C=O) groups is 1. The van der Waals surface area contributed by atoms with Crippen molar-refractivity contribution in [2.24, 2.45) is 0 Å². The van der Waals surface area contributed by atoms with Gasteiger partial charge in [0, 0.05) is 13.1 Å². The lowest BCUT2D eigenvalue weighted by Gasteiger charge is -2.39. The highest BCUT2D eigenvalue weighted by Gasteiger charge is 2.37. The predicted molar refractivity (Wildman–Crippen MR) is 67.4 cm³/mol. The summed E-state index contributed by atoms with van der Waals surface area (Å²) in [6.07, 6.45) is 0.730. The number of amides is 1. The van der Waals surface area contributed by atoms with Crippen molar-refractivity contribution in [3.8, 4) is 0 Å². The average Bonchev–Trinajstić information content (AvgIpc) is 2.59. The molecule has 0 radical (unpaired) electrons. The first-order valence-corrected chi connectivity index (χ1v) is 7.42. The summed E-state index contributed by atoms with van der Waals surface area (Å²) in [5, 5.41) is 3.30. The highest BCUT2D eigenvalue weighted by molar-refractivity contribution is 7.86. The van der Waals surface area contributed by atoms with Crippen LogP contribution in [0.15, 0.2) is 17.3 Å². The van der Waals surface area contributed by atoms with E-state index >= 15 is 0 Å². The van der Waals surface area contributed by atoms with Gasteiger partial charge in [-0.3, -0.25) is 0 Å². The van der Waals surface area contributed by atoms with Crippen LogP contribution in [0, 0.1) is 0 Å². The number of rotatable bonds is 2. The molecule has 1 aliphatic heterocycles. The molecule has 0 N–H and O–H groups in total. The number of aromatic nitrogens is 2. The Morgan fingerprint density at radius 2 is 2.05 bits per heavy atom. The third-order valence-electron chi connectivity index (χ3n) is 2.74. The largest absolute Gasteiger partial charge is 0.444 e. The molecule has 0 atom stereocenters. The van der Waals surface area contributed by atoms with Gasteiger partial charge in [-0.2, -0.15) is 13.5 Å². The fourth-order valence-electron chi connectivity index (χ4n) is 1.85. The molecule has 1 aromatic rings. The lowest BCUT2D eigenvalue weighted by molar-refractivity contribution is -0.00154. The van der Waals surface area contributed by atoms with Crippen molar-refractivity contribution >= 4 is 16.3 Å². The van der Waals surface area contributed by atoms with Crippen LogP contribution >= 0.6 is 0 Å². The fourth-order valence-corrected chi connectivity index (χ4v) is 2.50. The number of nitrogens with zero attached hydrogens (tertiary/aromatic N) is 3. The molecular weight excluding hydrogens is 289 g/mol. The van der Waals surface area contributed by atoms with E-state index in [1.807, 2.05) is 0 Å². The molecule has 0 aromatic carbocycles. The molecule has 1 saturated heterocycles. The maximum Gasteiger partial charge on any atom is 0.410 e. The van der Waals surface area contributed by atoms with Crippen molar-refractivity contribution in [1.29, 1.82) is 0 Å². The normalized spacial score (nSPS) is 16.9. The van der Waals surface area contributed by atoms with Gasteiger partial charge in [0.15, 0.2) is 5.03 Å². The highest BCUT2D eigenvalue weighted by Crippen LogP contribution is 2.26. The van der Waals surface area contributed by atoms with Gasteiger partial charge in [-0.15, -0.1) is 0 Å². The van der Waals surface area contributed by atoms with E-state index in [1.54, 1.807) is 20.8 Å². The standard InChI is InChI=1S/C11H16FN3O4S/c1-11(2,3)19-10(16)14-6-8(7-14)15-9(4-5-13-15)20(12,17)18/h4-5,8H,6-7H2,1-3H3. The molecule has 1 aliphatic rings. The van der Waals surface area contributed by atoms with E-state index in [4.69, 9.17) is 4.74 Å². The third-order valence-corrected chi connectivity index (χ3v) is 3.57. The number of carbonyl (C=O) groups excluding carboxylic acids is 1. The van der Waals surface area contributed by atoms with Gasteiger partial charge >= 0.3 is 16.3 Å². The van der Waals surface area contributed by atoms with Gasteiger partial charge in [0.2, 0.25) is 0 Å². The minimum atomic E-state index is -4.81. The van der Waals surface area contributed by atoms with E-state index in [1.165, 1.54) is 11.1 Å². The lowest BCUT2D eigenvalue weighted by Crippen LogP contribution is -2.52. The van der Waals surface area contributed by atoms with Crippen LogP contribution in [0.25, 0.3) is 0 Å². The first-order chi connectivity index (χ1) is 9.08. The van der Waals surface area contributed by atoms with Crippen LogP contribution < -0.4 is 0 Å². The van der Waals surface area contributed by atoms with Crippen molar-refractivity contribution in [3.05, 3.63) is 12.3 Å². The smallest absolute Gasteiger partial charge is 0.410 e. The predicted octanol–water partition coefficient (Wildman–Crippen LogP) is 1.33.